The van der Waals surface area contributed by atoms with Gasteiger partial charge in [-0.25, -0.2) is 9.78 Å². The molecule has 0 unspecified atom stereocenters. The third-order valence-corrected chi connectivity index (χ3v) is 4.21. The Morgan fingerprint density at radius 2 is 2.08 bits per heavy atom. The van der Waals surface area contributed by atoms with Crippen molar-refractivity contribution in [2.75, 3.05) is 32.8 Å². The van der Waals surface area contributed by atoms with Gasteiger partial charge in [-0.1, -0.05) is 0 Å². The van der Waals surface area contributed by atoms with E-state index in [1.165, 1.54) is 23.7 Å². The lowest BCUT2D eigenvalue weighted by molar-refractivity contribution is 0.0342. The molecule has 2 aromatic heterocycles. The first-order valence-corrected chi connectivity index (χ1v) is 8.17. The highest BCUT2D eigenvalue weighted by molar-refractivity contribution is 5.94. The van der Waals surface area contributed by atoms with E-state index in [-0.39, 0.29) is 28.7 Å². The summed E-state index contributed by atoms with van der Waals surface area (Å²) in [7, 11) is 1.50. The van der Waals surface area contributed by atoms with Gasteiger partial charge in [0.1, 0.15) is 11.3 Å². The highest BCUT2D eigenvalue weighted by atomic mass is 16.5. The van der Waals surface area contributed by atoms with Crippen LogP contribution < -0.4 is 16.6 Å². The van der Waals surface area contributed by atoms with Crippen LogP contribution in [0, 0.1) is 0 Å². The Kier molecular flexibility index (Phi) is 4.95. The molecule has 9 nitrogen and oxygen atoms in total. The molecule has 0 aliphatic carbocycles. The summed E-state index contributed by atoms with van der Waals surface area (Å²) < 4.78 is 6.52. The Balaban J connectivity index is 1.76. The summed E-state index contributed by atoms with van der Waals surface area (Å²) in [6.45, 7) is 5.75. The number of fused-ring (bicyclic) bond motifs is 1. The molecule has 2 aromatic rings. The van der Waals surface area contributed by atoms with Crippen molar-refractivity contribution < 1.29 is 9.53 Å². The van der Waals surface area contributed by atoms with Crippen molar-refractivity contribution in [2.24, 2.45) is 7.05 Å². The second-order valence-electron chi connectivity index (χ2n) is 6.17. The summed E-state index contributed by atoms with van der Waals surface area (Å²) in [6.07, 6.45) is 0. The van der Waals surface area contributed by atoms with E-state index in [0.29, 0.717) is 13.2 Å². The Labute approximate surface area is 143 Å². The van der Waals surface area contributed by atoms with Crippen molar-refractivity contribution in [1.82, 2.24) is 24.8 Å². The predicted octanol–water partition coefficient (Wildman–Crippen LogP) is -0.928. The molecule has 0 aromatic carbocycles. The van der Waals surface area contributed by atoms with Crippen LogP contribution in [0.3, 0.4) is 0 Å². The van der Waals surface area contributed by atoms with Gasteiger partial charge in [-0.3, -0.25) is 24.0 Å². The summed E-state index contributed by atoms with van der Waals surface area (Å²) in [5, 5.41) is 3.16. The number of nitrogens with one attached hydrogen (secondary N) is 2. The van der Waals surface area contributed by atoms with Crippen LogP contribution in [0.4, 0.5) is 0 Å². The van der Waals surface area contributed by atoms with Gasteiger partial charge in [0.15, 0.2) is 0 Å². The minimum absolute atomic E-state index is 0.0638. The highest BCUT2D eigenvalue weighted by Gasteiger charge is 2.17. The van der Waals surface area contributed by atoms with Gasteiger partial charge in [-0.2, -0.15) is 0 Å². The summed E-state index contributed by atoms with van der Waals surface area (Å²) in [4.78, 5) is 44.5. The maximum atomic E-state index is 12.4. The number of carbonyl (C=O) groups is 1. The number of ether oxygens (including phenoxy) is 1. The van der Waals surface area contributed by atoms with Gasteiger partial charge >= 0.3 is 5.69 Å². The molecule has 1 aliphatic heterocycles. The van der Waals surface area contributed by atoms with Crippen molar-refractivity contribution in [3.8, 4) is 0 Å². The SMILES string of the molecule is C[C@H](CN1CCOCC1)NC(=O)c1ccc2c(=O)[nH]c(=O)n(C)c2n1. The molecule has 9 heteroatoms. The third-order valence-electron chi connectivity index (χ3n) is 4.21. The molecule has 25 heavy (non-hydrogen) atoms. The predicted molar refractivity (Wildman–Crippen MR) is 91.8 cm³/mol. The van der Waals surface area contributed by atoms with Crippen molar-refractivity contribution in [2.45, 2.75) is 13.0 Å². The Morgan fingerprint density at radius 1 is 1.36 bits per heavy atom. The topological polar surface area (TPSA) is 109 Å². The van der Waals surface area contributed by atoms with E-state index in [0.717, 1.165) is 19.6 Å². The summed E-state index contributed by atoms with van der Waals surface area (Å²) in [6, 6.07) is 2.92. The van der Waals surface area contributed by atoms with E-state index >= 15 is 0 Å². The fourth-order valence-electron chi connectivity index (χ4n) is 2.87. The first-order valence-electron chi connectivity index (χ1n) is 8.17. The van der Waals surface area contributed by atoms with Gasteiger partial charge in [0.05, 0.1) is 18.6 Å². The van der Waals surface area contributed by atoms with Crippen LogP contribution in [-0.4, -0.2) is 64.2 Å². The number of carbonyl (C=O) groups excluding carboxylic acids is 1. The minimum atomic E-state index is -0.566. The molecule has 0 saturated carbocycles. The molecule has 3 heterocycles. The van der Waals surface area contributed by atoms with E-state index < -0.39 is 11.2 Å². The molecule has 2 N–H and O–H groups in total. The normalized spacial score (nSPS) is 16.7. The summed E-state index contributed by atoms with van der Waals surface area (Å²) in [5.41, 5.74) is -0.731. The molecule has 1 aliphatic rings. The number of pyridine rings is 1. The molecule has 1 fully saturated rings. The lowest BCUT2D eigenvalue weighted by atomic mass is 10.2. The minimum Gasteiger partial charge on any atom is -0.379 e. The monoisotopic (exact) mass is 347 g/mol. The number of hydrogen-bond donors (Lipinski definition) is 2. The maximum Gasteiger partial charge on any atom is 0.329 e. The third kappa shape index (κ3) is 3.77. The summed E-state index contributed by atoms with van der Waals surface area (Å²) >= 11 is 0. The second kappa shape index (κ2) is 7.16. The average Bonchev–Trinajstić information content (AvgIpc) is 2.60. The van der Waals surface area contributed by atoms with Gasteiger partial charge in [0.25, 0.3) is 11.5 Å². The number of aryl methyl sites for hydroxylation is 1. The number of H-pyrrole nitrogens is 1. The molecule has 1 saturated heterocycles. The number of rotatable bonds is 4. The first kappa shape index (κ1) is 17.3. The number of morpholine rings is 1. The Hall–Kier alpha value is -2.52. The van der Waals surface area contributed by atoms with E-state index in [4.69, 9.17) is 4.74 Å². The van der Waals surface area contributed by atoms with E-state index in [9.17, 15) is 14.4 Å². The van der Waals surface area contributed by atoms with Crippen LogP contribution in [0.15, 0.2) is 21.7 Å². The molecule has 1 atom stereocenters. The number of amides is 1. The van der Waals surface area contributed by atoms with Crippen LogP contribution in [0.2, 0.25) is 0 Å². The van der Waals surface area contributed by atoms with Crippen molar-refractivity contribution >= 4 is 16.9 Å². The fraction of sp³-hybridized carbons (Fsp3) is 0.500. The van der Waals surface area contributed by atoms with Crippen molar-refractivity contribution in [3.63, 3.8) is 0 Å². The number of aromatic amines is 1. The standard InChI is InChI=1S/C16H21N5O4/c1-10(9-21-5-7-25-8-6-21)17-15(23)12-4-3-11-13(18-12)20(2)16(24)19-14(11)22/h3-4,10H,5-9H2,1-2H3,(H,17,23)(H,19,22,24)/t10-/m1/s1. The molecule has 134 valence electrons. The average molecular weight is 347 g/mol. The zero-order chi connectivity index (χ0) is 18.0. The van der Waals surface area contributed by atoms with Gasteiger partial charge < -0.3 is 10.1 Å². The molecule has 0 spiro atoms. The quantitative estimate of drug-likeness (QED) is 0.740. The van der Waals surface area contributed by atoms with E-state index in [2.05, 4.69) is 20.2 Å². The fourth-order valence-corrected chi connectivity index (χ4v) is 2.87. The van der Waals surface area contributed by atoms with Gasteiger partial charge in [0, 0.05) is 32.7 Å². The van der Waals surface area contributed by atoms with Gasteiger partial charge in [0.2, 0.25) is 0 Å². The molecule has 0 radical (unpaired) electrons. The van der Waals surface area contributed by atoms with Gasteiger partial charge in [-0.05, 0) is 19.1 Å². The largest absolute Gasteiger partial charge is 0.379 e. The Morgan fingerprint density at radius 3 is 2.80 bits per heavy atom. The molecule has 3 rings (SSSR count). The first-order chi connectivity index (χ1) is 12.0. The van der Waals surface area contributed by atoms with Crippen molar-refractivity contribution in [3.05, 3.63) is 38.7 Å². The number of hydrogen-bond acceptors (Lipinski definition) is 6. The van der Waals surface area contributed by atoms with Gasteiger partial charge in [-0.15, -0.1) is 0 Å². The van der Waals surface area contributed by atoms with E-state index in [1.807, 2.05) is 6.92 Å². The smallest absolute Gasteiger partial charge is 0.329 e. The molecular formula is C16H21N5O4. The van der Waals surface area contributed by atoms with Crippen LogP contribution in [0.25, 0.3) is 11.0 Å². The second-order valence-corrected chi connectivity index (χ2v) is 6.17. The molecule has 0 bridgehead atoms. The van der Waals surface area contributed by atoms with Crippen LogP contribution in [0.1, 0.15) is 17.4 Å². The van der Waals surface area contributed by atoms with Crippen molar-refractivity contribution in [1.29, 1.82) is 0 Å². The zero-order valence-electron chi connectivity index (χ0n) is 14.2. The lowest BCUT2D eigenvalue weighted by Gasteiger charge is -2.29. The van der Waals surface area contributed by atoms with E-state index in [1.54, 1.807) is 0 Å². The highest BCUT2D eigenvalue weighted by Crippen LogP contribution is 2.06. The van der Waals surface area contributed by atoms with Crippen LogP contribution in [-0.2, 0) is 11.8 Å². The Bertz CT molecular complexity index is 898. The number of nitrogens with zero attached hydrogens (tertiary/aromatic N) is 3. The lowest BCUT2D eigenvalue weighted by Crippen LogP contribution is -2.46. The number of aromatic nitrogens is 3. The van der Waals surface area contributed by atoms with Crippen LogP contribution >= 0.6 is 0 Å². The van der Waals surface area contributed by atoms with Crippen LogP contribution in [0.5, 0.6) is 0 Å². The zero-order valence-corrected chi connectivity index (χ0v) is 14.2. The summed E-state index contributed by atoms with van der Waals surface area (Å²) in [5.74, 6) is -0.338. The molecule has 1 amide bonds. The molecular weight excluding hydrogens is 326 g/mol. The maximum absolute atomic E-state index is 12.4.